The van der Waals surface area contributed by atoms with Gasteiger partial charge in [-0.1, -0.05) is 6.07 Å². The lowest BCUT2D eigenvalue weighted by molar-refractivity contribution is -0.277. The number of hydrogen-bond donors (Lipinski definition) is 5. The van der Waals surface area contributed by atoms with Crippen LogP contribution in [0.25, 0.3) is 10.9 Å². The smallest absolute Gasteiger partial charge is 0.229 e. The third-order valence-corrected chi connectivity index (χ3v) is 6.00. The summed E-state index contributed by atoms with van der Waals surface area (Å²) in [6.45, 7) is 1.57. The zero-order chi connectivity index (χ0) is 19.8. The fourth-order valence-corrected chi connectivity index (χ4v) is 4.43. The summed E-state index contributed by atoms with van der Waals surface area (Å²) in [7, 11) is 0. The molecule has 0 aliphatic carbocycles. The molecule has 0 amide bonds. The van der Waals surface area contributed by atoms with Crippen LogP contribution in [0.15, 0.2) is 36.5 Å². The standard InChI is InChI=1S/C20H23NO6S/c1-10-5-6-12(28-10)7-11-8-21-13-3-2-4-14(16(11)13)26-20-19(25)18(24)17(23)15(9-22)27-20/h2-6,8,15,17-25H,7,9H2,1H3/t15-,17-,18+,19-,20-/m1/s1. The second-order valence-corrected chi connectivity index (χ2v) is 8.37. The van der Waals surface area contributed by atoms with Crippen LogP contribution in [0.1, 0.15) is 15.3 Å². The van der Waals surface area contributed by atoms with Crippen molar-refractivity contribution in [2.45, 2.75) is 44.1 Å². The fraction of sp³-hybridized carbons (Fsp3) is 0.400. The van der Waals surface area contributed by atoms with Crippen LogP contribution in [0.3, 0.4) is 0 Å². The first-order chi connectivity index (χ1) is 13.5. The number of rotatable bonds is 5. The molecule has 1 saturated heterocycles. The van der Waals surface area contributed by atoms with Crippen LogP contribution in [0.4, 0.5) is 0 Å². The highest BCUT2D eigenvalue weighted by molar-refractivity contribution is 7.11. The number of fused-ring (bicyclic) bond motifs is 1. The molecule has 0 spiro atoms. The fourth-order valence-electron chi connectivity index (χ4n) is 3.52. The lowest BCUT2D eigenvalue weighted by Gasteiger charge is -2.39. The van der Waals surface area contributed by atoms with E-state index >= 15 is 0 Å². The quantitative estimate of drug-likeness (QED) is 0.437. The van der Waals surface area contributed by atoms with Crippen LogP contribution in [0, 0.1) is 6.92 Å². The van der Waals surface area contributed by atoms with Gasteiger partial charge in [0.05, 0.1) is 6.61 Å². The Hall–Kier alpha value is -1.94. The minimum Gasteiger partial charge on any atom is -0.461 e. The molecular weight excluding hydrogens is 382 g/mol. The normalized spacial score (nSPS) is 28.0. The predicted octanol–water partition coefficient (Wildman–Crippen LogP) is 1.31. The van der Waals surface area contributed by atoms with Gasteiger partial charge < -0.3 is 34.9 Å². The molecule has 3 heterocycles. The number of nitrogens with one attached hydrogen (secondary N) is 1. The summed E-state index contributed by atoms with van der Waals surface area (Å²) in [6.07, 6.45) is -3.91. The van der Waals surface area contributed by atoms with Gasteiger partial charge in [-0.3, -0.25) is 0 Å². The average Bonchev–Trinajstić information content (AvgIpc) is 3.29. The lowest BCUT2D eigenvalue weighted by Crippen LogP contribution is -2.60. The highest BCUT2D eigenvalue weighted by Crippen LogP contribution is 2.34. The summed E-state index contributed by atoms with van der Waals surface area (Å²) in [5.74, 6) is 0.492. The van der Waals surface area contributed by atoms with E-state index in [2.05, 4.69) is 24.0 Å². The molecule has 5 atom stereocenters. The van der Waals surface area contributed by atoms with Crippen molar-refractivity contribution in [3.8, 4) is 5.75 Å². The Morgan fingerprint density at radius 2 is 1.93 bits per heavy atom. The van der Waals surface area contributed by atoms with Gasteiger partial charge in [-0.2, -0.15) is 0 Å². The Labute approximate surface area is 165 Å². The van der Waals surface area contributed by atoms with E-state index < -0.39 is 37.3 Å². The Bertz CT molecular complexity index is 951. The van der Waals surface area contributed by atoms with Gasteiger partial charge >= 0.3 is 0 Å². The summed E-state index contributed by atoms with van der Waals surface area (Å²) >= 11 is 1.73. The largest absolute Gasteiger partial charge is 0.461 e. The van der Waals surface area contributed by atoms with Gasteiger partial charge in [-0.15, -0.1) is 11.3 Å². The number of hydrogen-bond acceptors (Lipinski definition) is 7. The zero-order valence-electron chi connectivity index (χ0n) is 15.3. The molecule has 5 N–H and O–H groups in total. The molecule has 28 heavy (non-hydrogen) atoms. The molecule has 150 valence electrons. The number of aliphatic hydroxyl groups is 4. The molecule has 1 aliphatic heterocycles. The first-order valence-electron chi connectivity index (χ1n) is 9.09. The van der Waals surface area contributed by atoms with Crippen LogP contribution in [0.5, 0.6) is 5.75 Å². The SMILES string of the molecule is Cc1ccc(Cc2c[nH]c3cccc(O[C@@H]4O[C@H](CO)[C@@H](O)[C@H](O)[C@H]4O)c23)s1. The molecular formula is C20H23NO6S. The molecule has 0 unspecified atom stereocenters. The second kappa shape index (κ2) is 7.82. The van der Waals surface area contributed by atoms with Crippen molar-refractivity contribution in [3.05, 3.63) is 51.8 Å². The number of aryl methyl sites for hydroxylation is 1. The summed E-state index contributed by atoms with van der Waals surface area (Å²) < 4.78 is 11.4. The van der Waals surface area contributed by atoms with Crippen molar-refractivity contribution < 1.29 is 29.9 Å². The molecule has 3 aromatic rings. The molecule has 2 aromatic heterocycles. The van der Waals surface area contributed by atoms with Gasteiger partial charge in [0.25, 0.3) is 0 Å². The third-order valence-electron chi connectivity index (χ3n) is 5.00. The van der Waals surface area contributed by atoms with E-state index in [0.29, 0.717) is 5.75 Å². The number of H-pyrrole nitrogens is 1. The predicted molar refractivity (Wildman–Crippen MR) is 105 cm³/mol. The van der Waals surface area contributed by atoms with E-state index in [0.717, 1.165) is 22.9 Å². The van der Waals surface area contributed by atoms with Gasteiger partial charge in [-0.05, 0) is 36.8 Å². The zero-order valence-corrected chi connectivity index (χ0v) is 16.1. The summed E-state index contributed by atoms with van der Waals surface area (Å²) in [4.78, 5) is 5.70. The van der Waals surface area contributed by atoms with Crippen molar-refractivity contribution in [1.82, 2.24) is 4.98 Å². The van der Waals surface area contributed by atoms with Gasteiger partial charge in [0.1, 0.15) is 30.2 Å². The van der Waals surface area contributed by atoms with Crippen LogP contribution in [0.2, 0.25) is 0 Å². The number of aromatic amines is 1. The highest BCUT2D eigenvalue weighted by atomic mass is 32.1. The minimum absolute atomic E-state index is 0.492. The molecule has 1 aliphatic rings. The first kappa shape index (κ1) is 19.4. The van der Waals surface area contributed by atoms with Crippen LogP contribution in [-0.2, 0) is 11.2 Å². The van der Waals surface area contributed by atoms with Gasteiger partial charge in [0.2, 0.25) is 6.29 Å². The van der Waals surface area contributed by atoms with Crippen molar-refractivity contribution in [1.29, 1.82) is 0 Å². The molecule has 0 bridgehead atoms. The van der Waals surface area contributed by atoms with Crippen molar-refractivity contribution in [2.75, 3.05) is 6.61 Å². The molecule has 0 saturated carbocycles. The number of aromatic nitrogens is 1. The van der Waals surface area contributed by atoms with Crippen LogP contribution in [-0.4, -0.2) is 62.7 Å². The monoisotopic (exact) mass is 405 g/mol. The number of aliphatic hydroxyl groups excluding tert-OH is 4. The van der Waals surface area contributed by atoms with E-state index in [4.69, 9.17) is 9.47 Å². The number of benzene rings is 1. The average molecular weight is 405 g/mol. The Morgan fingerprint density at radius 3 is 2.64 bits per heavy atom. The van der Waals surface area contributed by atoms with E-state index in [1.165, 1.54) is 9.75 Å². The Morgan fingerprint density at radius 1 is 1.11 bits per heavy atom. The molecule has 4 rings (SSSR count). The molecule has 1 fully saturated rings. The van der Waals surface area contributed by atoms with Gasteiger partial charge in [0.15, 0.2) is 0 Å². The first-order valence-corrected chi connectivity index (χ1v) is 9.91. The van der Waals surface area contributed by atoms with E-state index in [1.54, 1.807) is 17.4 Å². The topological polar surface area (TPSA) is 115 Å². The van der Waals surface area contributed by atoms with E-state index in [1.807, 2.05) is 18.3 Å². The summed E-state index contributed by atoms with van der Waals surface area (Å²) in [6, 6.07) is 9.69. The Balaban J connectivity index is 1.64. The Kier molecular flexibility index (Phi) is 5.42. The minimum atomic E-state index is -1.48. The highest BCUT2D eigenvalue weighted by Gasteiger charge is 2.44. The van der Waals surface area contributed by atoms with Crippen molar-refractivity contribution in [2.24, 2.45) is 0 Å². The maximum absolute atomic E-state index is 10.3. The molecule has 0 radical (unpaired) electrons. The van der Waals surface area contributed by atoms with Crippen LogP contribution < -0.4 is 4.74 Å². The molecule has 1 aromatic carbocycles. The van der Waals surface area contributed by atoms with Crippen LogP contribution >= 0.6 is 11.3 Å². The number of ether oxygens (including phenoxy) is 2. The van der Waals surface area contributed by atoms with E-state index in [9.17, 15) is 20.4 Å². The lowest BCUT2D eigenvalue weighted by atomic mass is 9.99. The van der Waals surface area contributed by atoms with Gasteiger partial charge in [-0.25, -0.2) is 0 Å². The number of thiophene rings is 1. The summed E-state index contributed by atoms with van der Waals surface area (Å²) in [5, 5.41) is 40.4. The van der Waals surface area contributed by atoms with Gasteiger partial charge in [0, 0.05) is 33.3 Å². The van der Waals surface area contributed by atoms with Crippen molar-refractivity contribution in [3.63, 3.8) is 0 Å². The summed E-state index contributed by atoms with van der Waals surface area (Å²) in [5.41, 5.74) is 1.92. The molecule has 8 heteroatoms. The second-order valence-electron chi connectivity index (χ2n) is 7.00. The maximum Gasteiger partial charge on any atom is 0.229 e. The van der Waals surface area contributed by atoms with E-state index in [-0.39, 0.29) is 0 Å². The maximum atomic E-state index is 10.3. The third kappa shape index (κ3) is 3.55. The molecule has 7 nitrogen and oxygen atoms in total. The van der Waals surface area contributed by atoms with Crippen molar-refractivity contribution >= 4 is 22.2 Å².